The molecule has 1 aliphatic carbocycles. The SMILES string of the molecule is CCC1CC(OC(=O)N2CCC(C#N)CC2)CC1c1nnc2cnc3[nH]ccc3n12. The van der Waals surface area contributed by atoms with Gasteiger partial charge in [-0.3, -0.25) is 4.40 Å². The van der Waals surface area contributed by atoms with E-state index in [2.05, 4.69) is 37.6 Å². The van der Waals surface area contributed by atoms with Gasteiger partial charge in [-0.05, 0) is 37.7 Å². The minimum atomic E-state index is -0.254. The van der Waals surface area contributed by atoms with Gasteiger partial charge in [0.25, 0.3) is 0 Å². The highest BCUT2D eigenvalue weighted by atomic mass is 16.6. The average molecular weight is 407 g/mol. The number of rotatable bonds is 3. The minimum Gasteiger partial charge on any atom is -0.446 e. The van der Waals surface area contributed by atoms with Crippen LogP contribution < -0.4 is 0 Å². The number of likely N-dealkylation sites (tertiary alicyclic amines) is 1. The van der Waals surface area contributed by atoms with Crippen molar-refractivity contribution in [2.45, 2.75) is 51.0 Å². The molecule has 1 N–H and O–H groups in total. The minimum absolute atomic E-state index is 0.0513. The summed E-state index contributed by atoms with van der Waals surface area (Å²) < 4.78 is 7.97. The second kappa shape index (κ2) is 7.59. The summed E-state index contributed by atoms with van der Waals surface area (Å²) in [6.45, 7) is 3.36. The Morgan fingerprint density at radius 2 is 2.17 bits per heavy atom. The van der Waals surface area contributed by atoms with Crippen molar-refractivity contribution in [2.24, 2.45) is 11.8 Å². The Balaban J connectivity index is 1.34. The first-order valence-electron chi connectivity index (χ1n) is 10.7. The summed E-state index contributed by atoms with van der Waals surface area (Å²) in [7, 11) is 0. The first kappa shape index (κ1) is 18.9. The summed E-state index contributed by atoms with van der Waals surface area (Å²) in [5.41, 5.74) is 2.49. The number of ether oxygens (including phenoxy) is 1. The van der Waals surface area contributed by atoms with E-state index in [4.69, 9.17) is 10.00 Å². The van der Waals surface area contributed by atoms with Crippen molar-refractivity contribution in [3.05, 3.63) is 24.3 Å². The van der Waals surface area contributed by atoms with Crippen molar-refractivity contribution in [1.29, 1.82) is 5.26 Å². The number of aromatic nitrogens is 5. The molecule has 9 nitrogen and oxygen atoms in total. The Morgan fingerprint density at radius 3 is 2.93 bits per heavy atom. The number of carbonyl (C=O) groups excluding carboxylic acids is 1. The molecule has 2 fully saturated rings. The molecule has 0 aromatic carbocycles. The lowest BCUT2D eigenvalue weighted by molar-refractivity contribution is 0.0558. The summed E-state index contributed by atoms with van der Waals surface area (Å²) >= 11 is 0. The molecule has 30 heavy (non-hydrogen) atoms. The van der Waals surface area contributed by atoms with Crippen LogP contribution in [0.15, 0.2) is 18.5 Å². The maximum atomic E-state index is 12.7. The highest BCUT2D eigenvalue weighted by molar-refractivity contribution is 5.74. The highest BCUT2D eigenvalue weighted by Crippen LogP contribution is 2.42. The molecule has 156 valence electrons. The van der Waals surface area contributed by atoms with Crippen molar-refractivity contribution in [1.82, 2.24) is 29.5 Å². The third-order valence-corrected chi connectivity index (χ3v) is 6.68. The number of hydrogen-bond donors (Lipinski definition) is 1. The molecule has 3 atom stereocenters. The topological polar surface area (TPSA) is 112 Å². The third kappa shape index (κ3) is 3.16. The van der Waals surface area contributed by atoms with Gasteiger partial charge in [0.1, 0.15) is 11.9 Å². The Hall–Kier alpha value is -3.15. The quantitative estimate of drug-likeness (QED) is 0.713. The van der Waals surface area contributed by atoms with E-state index in [-0.39, 0.29) is 24.0 Å². The van der Waals surface area contributed by atoms with Gasteiger partial charge >= 0.3 is 6.09 Å². The summed E-state index contributed by atoms with van der Waals surface area (Å²) in [5, 5.41) is 17.9. The summed E-state index contributed by atoms with van der Waals surface area (Å²) in [5.74, 6) is 1.52. The highest BCUT2D eigenvalue weighted by Gasteiger charge is 2.40. The van der Waals surface area contributed by atoms with Crippen LogP contribution in [-0.4, -0.2) is 54.8 Å². The molecule has 3 aromatic rings. The predicted octanol–water partition coefficient (Wildman–Crippen LogP) is 3.25. The van der Waals surface area contributed by atoms with Gasteiger partial charge in [0.15, 0.2) is 11.3 Å². The zero-order chi connectivity index (χ0) is 20.7. The van der Waals surface area contributed by atoms with Crippen LogP contribution in [0.5, 0.6) is 0 Å². The number of carbonyl (C=O) groups is 1. The third-order valence-electron chi connectivity index (χ3n) is 6.68. The fourth-order valence-corrected chi connectivity index (χ4v) is 4.98. The number of fused-ring (bicyclic) bond motifs is 3. The Labute approximate surface area is 174 Å². The number of H-pyrrole nitrogens is 1. The van der Waals surface area contributed by atoms with Crippen LogP contribution in [0.2, 0.25) is 0 Å². The molecule has 1 aliphatic heterocycles. The zero-order valence-corrected chi connectivity index (χ0v) is 17.0. The number of aromatic amines is 1. The molecular formula is C21H25N7O2. The van der Waals surface area contributed by atoms with Crippen molar-refractivity contribution in [3.8, 4) is 6.07 Å². The van der Waals surface area contributed by atoms with Gasteiger partial charge in [0.05, 0.1) is 17.8 Å². The van der Waals surface area contributed by atoms with E-state index >= 15 is 0 Å². The van der Waals surface area contributed by atoms with E-state index in [1.54, 1.807) is 11.1 Å². The van der Waals surface area contributed by atoms with Gasteiger partial charge in [-0.25, -0.2) is 9.78 Å². The van der Waals surface area contributed by atoms with Gasteiger partial charge in [-0.2, -0.15) is 5.26 Å². The van der Waals surface area contributed by atoms with Gasteiger partial charge in [-0.15, -0.1) is 10.2 Å². The average Bonchev–Trinajstić information content (AvgIpc) is 3.50. The molecule has 3 aromatic heterocycles. The number of hydrogen-bond acceptors (Lipinski definition) is 6. The molecule has 4 heterocycles. The van der Waals surface area contributed by atoms with Gasteiger partial charge < -0.3 is 14.6 Å². The fraction of sp³-hybridized carbons (Fsp3) is 0.571. The Kier molecular flexibility index (Phi) is 4.77. The Morgan fingerprint density at radius 1 is 1.33 bits per heavy atom. The van der Waals surface area contributed by atoms with E-state index in [1.807, 2.05) is 12.3 Å². The van der Waals surface area contributed by atoms with Crippen LogP contribution in [0.3, 0.4) is 0 Å². The first-order valence-corrected chi connectivity index (χ1v) is 10.7. The Bertz CT molecular complexity index is 1110. The molecule has 5 rings (SSSR count). The van der Waals surface area contributed by atoms with E-state index in [0.29, 0.717) is 19.0 Å². The molecule has 9 heteroatoms. The number of amides is 1. The maximum Gasteiger partial charge on any atom is 0.410 e. The summed E-state index contributed by atoms with van der Waals surface area (Å²) in [6, 6.07) is 4.28. The fourth-order valence-electron chi connectivity index (χ4n) is 4.98. The molecule has 0 spiro atoms. The molecule has 0 bridgehead atoms. The zero-order valence-electron chi connectivity index (χ0n) is 17.0. The normalized spacial score (nSPS) is 25.1. The van der Waals surface area contributed by atoms with Crippen LogP contribution in [0.4, 0.5) is 4.79 Å². The molecule has 3 unspecified atom stereocenters. The van der Waals surface area contributed by atoms with E-state index in [0.717, 1.165) is 54.7 Å². The number of nitrogens with one attached hydrogen (secondary N) is 1. The van der Waals surface area contributed by atoms with Crippen LogP contribution in [0.25, 0.3) is 16.8 Å². The molecule has 1 saturated carbocycles. The van der Waals surface area contributed by atoms with Crippen LogP contribution in [0.1, 0.15) is 50.8 Å². The summed E-state index contributed by atoms with van der Waals surface area (Å²) in [6.07, 6.45) is 7.23. The smallest absolute Gasteiger partial charge is 0.410 e. The largest absolute Gasteiger partial charge is 0.446 e. The summed E-state index contributed by atoms with van der Waals surface area (Å²) in [4.78, 5) is 21.9. The second-order valence-corrected chi connectivity index (χ2v) is 8.36. The van der Waals surface area contributed by atoms with Crippen molar-refractivity contribution < 1.29 is 9.53 Å². The molecular weight excluding hydrogens is 382 g/mol. The van der Waals surface area contributed by atoms with Crippen LogP contribution >= 0.6 is 0 Å². The lowest BCUT2D eigenvalue weighted by Crippen LogP contribution is -2.39. The standard InChI is InChI=1S/C21H25N7O2/c1-2-14-9-15(30-21(29)27-7-4-13(11-22)5-8-27)10-16(14)20-26-25-18-12-24-19-17(28(18)20)3-6-23-19/h3,6,12-16,23H,2,4-5,7-10H2,1H3. The van der Waals surface area contributed by atoms with E-state index in [1.165, 1.54) is 0 Å². The maximum absolute atomic E-state index is 12.7. The number of nitrogens with zero attached hydrogens (tertiary/aromatic N) is 6. The van der Waals surface area contributed by atoms with E-state index in [9.17, 15) is 4.79 Å². The van der Waals surface area contributed by atoms with Crippen molar-refractivity contribution in [2.75, 3.05) is 13.1 Å². The predicted molar refractivity (Wildman–Crippen MR) is 109 cm³/mol. The van der Waals surface area contributed by atoms with E-state index < -0.39 is 0 Å². The lowest BCUT2D eigenvalue weighted by atomic mass is 9.93. The van der Waals surface area contributed by atoms with Crippen molar-refractivity contribution >= 4 is 22.9 Å². The van der Waals surface area contributed by atoms with Gasteiger partial charge in [-0.1, -0.05) is 13.3 Å². The second-order valence-electron chi connectivity index (χ2n) is 8.36. The molecule has 1 saturated heterocycles. The molecule has 1 amide bonds. The van der Waals surface area contributed by atoms with Crippen molar-refractivity contribution in [3.63, 3.8) is 0 Å². The molecule has 0 radical (unpaired) electrons. The van der Waals surface area contributed by atoms with Gasteiger partial charge in [0, 0.05) is 31.1 Å². The van der Waals surface area contributed by atoms with Crippen LogP contribution in [-0.2, 0) is 4.74 Å². The molecule has 2 aliphatic rings. The van der Waals surface area contributed by atoms with Crippen LogP contribution in [0, 0.1) is 23.2 Å². The first-order chi connectivity index (χ1) is 14.7. The monoisotopic (exact) mass is 407 g/mol. The number of piperidine rings is 1. The number of nitriles is 1. The van der Waals surface area contributed by atoms with Gasteiger partial charge in [0.2, 0.25) is 0 Å². The lowest BCUT2D eigenvalue weighted by Gasteiger charge is -2.29.